The lowest BCUT2D eigenvalue weighted by molar-refractivity contribution is 0.324. The van der Waals surface area contributed by atoms with Crippen molar-refractivity contribution in [2.24, 2.45) is 5.92 Å². The largest absolute Gasteiger partial charge is 0.215 e. The third-order valence-electron chi connectivity index (χ3n) is 2.24. The summed E-state index contributed by atoms with van der Waals surface area (Å²) in [6.07, 6.45) is 2.55. The van der Waals surface area contributed by atoms with Gasteiger partial charge in [0.05, 0.1) is 5.75 Å². The molecule has 1 aliphatic carbocycles. The lowest BCUT2D eigenvalue weighted by atomic mass is 9.85. The van der Waals surface area contributed by atoms with Crippen molar-refractivity contribution >= 4 is 21.6 Å². The van der Waals surface area contributed by atoms with Crippen molar-refractivity contribution in [2.75, 3.05) is 12.3 Å². The number of rotatable bonds is 5. The van der Waals surface area contributed by atoms with E-state index >= 15 is 0 Å². The summed E-state index contributed by atoms with van der Waals surface area (Å²) in [6, 6.07) is 0. The summed E-state index contributed by atoms with van der Waals surface area (Å²) < 4.78 is 25.0. The first-order chi connectivity index (χ1) is 6.03. The fraction of sp³-hybridized carbons (Fsp3) is 1.00. The first kappa shape index (κ1) is 11.3. The second kappa shape index (κ2) is 4.62. The maximum Gasteiger partial charge on any atom is 0.211 e. The number of alkyl halides is 1. The van der Waals surface area contributed by atoms with E-state index in [9.17, 15) is 8.42 Å². The smallest absolute Gasteiger partial charge is 0.211 e. The highest BCUT2D eigenvalue weighted by Crippen LogP contribution is 2.31. The SMILES string of the molecule is CCCS(=O)(=O)NCC1CC(Cl)C1. The van der Waals surface area contributed by atoms with Crippen LogP contribution in [-0.4, -0.2) is 26.1 Å². The van der Waals surface area contributed by atoms with Crippen LogP contribution in [0.1, 0.15) is 26.2 Å². The van der Waals surface area contributed by atoms with Crippen LogP contribution in [-0.2, 0) is 10.0 Å². The molecule has 0 aliphatic heterocycles. The van der Waals surface area contributed by atoms with Crippen molar-refractivity contribution in [3.8, 4) is 0 Å². The molecule has 13 heavy (non-hydrogen) atoms. The van der Waals surface area contributed by atoms with Crippen molar-refractivity contribution in [1.29, 1.82) is 0 Å². The molecule has 0 heterocycles. The second-order valence-corrected chi connectivity index (χ2v) is 6.15. The van der Waals surface area contributed by atoms with Crippen molar-refractivity contribution in [3.05, 3.63) is 0 Å². The molecular formula is C8H16ClNO2S. The molecule has 0 bridgehead atoms. The molecule has 0 saturated heterocycles. The van der Waals surface area contributed by atoms with Gasteiger partial charge in [0.1, 0.15) is 0 Å². The predicted octanol–water partition coefficient (Wildman–Crippen LogP) is 1.33. The molecule has 5 heteroatoms. The third kappa shape index (κ3) is 3.83. The van der Waals surface area contributed by atoms with Gasteiger partial charge in [0.25, 0.3) is 0 Å². The Kier molecular flexibility index (Phi) is 4.01. The number of nitrogens with one attached hydrogen (secondary N) is 1. The molecule has 1 aliphatic rings. The Hall–Kier alpha value is 0.200. The highest BCUT2D eigenvalue weighted by atomic mass is 35.5. The van der Waals surface area contributed by atoms with Gasteiger partial charge < -0.3 is 0 Å². The van der Waals surface area contributed by atoms with E-state index in [1.54, 1.807) is 0 Å². The Balaban J connectivity index is 2.18. The molecule has 0 atom stereocenters. The van der Waals surface area contributed by atoms with Crippen molar-refractivity contribution in [3.63, 3.8) is 0 Å². The van der Waals surface area contributed by atoms with Gasteiger partial charge in [0.15, 0.2) is 0 Å². The van der Waals surface area contributed by atoms with Gasteiger partial charge in [0, 0.05) is 11.9 Å². The predicted molar refractivity (Wildman–Crippen MR) is 54.4 cm³/mol. The molecule has 0 aromatic rings. The molecule has 0 radical (unpaired) electrons. The van der Waals surface area contributed by atoms with E-state index in [2.05, 4.69) is 4.72 Å². The normalized spacial score (nSPS) is 28.5. The Labute approximate surface area is 84.9 Å². The molecule has 1 rings (SSSR count). The third-order valence-corrected chi connectivity index (χ3v) is 4.15. The Morgan fingerprint density at radius 3 is 2.54 bits per heavy atom. The summed E-state index contributed by atoms with van der Waals surface area (Å²) >= 11 is 5.78. The van der Waals surface area contributed by atoms with Gasteiger partial charge in [-0.15, -0.1) is 11.6 Å². The summed E-state index contributed by atoms with van der Waals surface area (Å²) in [4.78, 5) is 0. The topological polar surface area (TPSA) is 46.2 Å². The van der Waals surface area contributed by atoms with Crippen molar-refractivity contribution in [2.45, 2.75) is 31.6 Å². The average Bonchev–Trinajstić information content (AvgIpc) is 1.96. The molecule has 1 fully saturated rings. The molecular weight excluding hydrogens is 210 g/mol. The van der Waals surface area contributed by atoms with Gasteiger partial charge in [-0.3, -0.25) is 0 Å². The van der Waals surface area contributed by atoms with E-state index in [-0.39, 0.29) is 11.1 Å². The zero-order valence-corrected chi connectivity index (χ0v) is 9.37. The highest BCUT2D eigenvalue weighted by Gasteiger charge is 2.27. The maximum atomic E-state index is 11.2. The van der Waals surface area contributed by atoms with Crippen LogP contribution in [0.5, 0.6) is 0 Å². The molecule has 0 amide bonds. The molecule has 78 valence electrons. The number of hydrogen-bond donors (Lipinski definition) is 1. The summed E-state index contributed by atoms with van der Waals surface area (Å²) in [5.41, 5.74) is 0. The number of hydrogen-bond acceptors (Lipinski definition) is 2. The zero-order valence-electron chi connectivity index (χ0n) is 7.79. The quantitative estimate of drug-likeness (QED) is 0.718. The molecule has 1 N–H and O–H groups in total. The Morgan fingerprint density at radius 1 is 1.46 bits per heavy atom. The summed E-state index contributed by atoms with van der Waals surface area (Å²) in [5, 5.41) is 0.265. The van der Waals surface area contributed by atoms with Crippen LogP contribution in [0.2, 0.25) is 0 Å². The van der Waals surface area contributed by atoms with Crippen LogP contribution in [0, 0.1) is 5.92 Å². The van der Waals surface area contributed by atoms with E-state index in [0.717, 1.165) is 12.8 Å². The summed E-state index contributed by atoms with van der Waals surface area (Å²) in [7, 11) is -3.01. The Bertz CT molecular complexity index is 247. The molecule has 0 spiro atoms. The van der Waals surface area contributed by atoms with Crippen LogP contribution >= 0.6 is 11.6 Å². The van der Waals surface area contributed by atoms with Crippen LogP contribution in [0.3, 0.4) is 0 Å². The fourth-order valence-corrected chi connectivity index (χ4v) is 3.08. The summed E-state index contributed by atoms with van der Waals surface area (Å²) in [6.45, 7) is 2.42. The van der Waals surface area contributed by atoms with E-state index in [4.69, 9.17) is 11.6 Å². The monoisotopic (exact) mass is 225 g/mol. The van der Waals surface area contributed by atoms with Crippen LogP contribution in [0.15, 0.2) is 0 Å². The maximum absolute atomic E-state index is 11.2. The van der Waals surface area contributed by atoms with Crippen LogP contribution in [0.4, 0.5) is 0 Å². The first-order valence-electron chi connectivity index (χ1n) is 4.65. The van der Waals surface area contributed by atoms with E-state index in [1.165, 1.54) is 0 Å². The van der Waals surface area contributed by atoms with Gasteiger partial charge in [-0.1, -0.05) is 6.92 Å². The Morgan fingerprint density at radius 2 is 2.08 bits per heavy atom. The second-order valence-electron chi connectivity index (χ2n) is 3.60. The fourth-order valence-electron chi connectivity index (χ4n) is 1.41. The zero-order chi connectivity index (χ0) is 9.90. The molecule has 1 saturated carbocycles. The number of sulfonamides is 1. The molecule has 0 aromatic heterocycles. The lowest BCUT2D eigenvalue weighted by Gasteiger charge is -2.30. The van der Waals surface area contributed by atoms with Crippen LogP contribution in [0.25, 0.3) is 0 Å². The van der Waals surface area contributed by atoms with E-state index in [1.807, 2.05) is 6.92 Å². The summed E-state index contributed by atoms with van der Waals surface area (Å²) in [5.74, 6) is 0.679. The standard InChI is InChI=1S/C8H16ClNO2S/c1-2-3-13(11,12)10-6-7-4-8(9)5-7/h7-8,10H,2-6H2,1H3. The van der Waals surface area contributed by atoms with Crippen LogP contribution < -0.4 is 4.72 Å². The highest BCUT2D eigenvalue weighted by molar-refractivity contribution is 7.89. The number of halogens is 1. The lowest BCUT2D eigenvalue weighted by Crippen LogP contribution is -2.37. The van der Waals surface area contributed by atoms with Crippen molar-refractivity contribution in [1.82, 2.24) is 4.72 Å². The average molecular weight is 226 g/mol. The molecule has 0 unspecified atom stereocenters. The first-order valence-corrected chi connectivity index (χ1v) is 6.73. The molecule has 3 nitrogen and oxygen atoms in total. The van der Waals surface area contributed by atoms with Gasteiger partial charge in [-0.2, -0.15) is 0 Å². The van der Waals surface area contributed by atoms with E-state index < -0.39 is 10.0 Å². The van der Waals surface area contributed by atoms with Crippen molar-refractivity contribution < 1.29 is 8.42 Å². The minimum Gasteiger partial charge on any atom is -0.215 e. The minimum absolute atomic E-state index is 0.226. The van der Waals surface area contributed by atoms with Gasteiger partial charge in [-0.25, -0.2) is 13.1 Å². The molecule has 0 aromatic carbocycles. The minimum atomic E-state index is -3.01. The van der Waals surface area contributed by atoms with Gasteiger partial charge >= 0.3 is 0 Å². The van der Waals surface area contributed by atoms with Gasteiger partial charge in [-0.05, 0) is 25.2 Å². The van der Waals surface area contributed by atoms with E-state index in [0.29, 0.717) is 18.9 Å². The van der Waals surface area contributed by atoms with Gasteiger partial charge in [0.2, 0.25) is 10.0 Å².